The molecule has 0 radical (unpaired) electrons. The Hall–Kier alpha value is -0.462. The second-order valence-electron chi connectivity index (χ2n) is 0.686. The van der Waals surface area contributed by atoms with Crippen molar-refractivity contribution in [3.8, 4) is 0 Å². The van der Waals surface area contributed by atoms with Gasteiger partial charge >= 0.3 is 0 Å². The summed E-state index contributed by atoms with van der Waals surface area (Å²) < 4.78 is 0. The smallest absolute Gasteiger partial charge is 0.236 e. The predicted molar refractivity (Wildman–Crippen MR) is 21.8 cm³/mol. The normalized spacial score (nSPS) is 5.50. The monoisotopic (exact) mass is 283 g/mol. The van der Waals surface area contributed by atoms with Gasteiger partial charge in [0.25, 0.3) is 0 Å². The Morgan fingerprint density at radius 1 is 1.75 bits per heavy atom. The number of nitrogens with one attached hydrogen (secondary N) is 1. The van der Waals surface area contributed by atoms with Crippen LogP contribution in [0, 0.1) is 0 Å². The Morgan fingerprint density at radius 3 is 2.75 bits per heavy atom. The quantitative estimate of drug-likeness (QED) is 0.236. The molecule has 0 aliphatic rings. The molecule has 44 valence electrons. The topological polar surface area (TPSA) is 58.5 Å². The van der Waals surface area contributed by atoms with Crippen molar-refractivity contribution < 1.29 is 30.7 Å². The fraction of sp³-hybridized carbons (Fsp3) is 0.333. The van der Waals surface area contributed by atoms with Crippen molar-refractivity contribution in [2.75, 3.05) is 6.67 Å². The number of hydrogen-bond acceptors (Lipinski definition) is 3. The molecule has 0 aliphatic heterocycles. The molecule has 0 aromatic rings. The third-order valence-electron chi connectivity index (χ3n) is 0.295. The molecule has 0 heterocycles. The van der Waals surface area contributed by atoms with Gasteiger partial charge in [-0.1, -0.05) is 0 Å². The fourth-order valence-corrected chi connectivity index (χ4v) is 0.104. The molecule has 4 nitrogen and oxygen atoms in total. The van der Waals surface area contributed by atoms with Crippen molar-refractivity contribution in [3.05, 3.63) is 0 Å². The van der Waals surface area contributed by atoms with Gasteiger partial charge in [-0.15, -0.1) is 0 Å². The van der Waals surface area contributed by atoms with Crippen LogP contribution in [-0.2, 0) is 30.7 Å². The van der Waals surface area contributed by atoms with Crippen molar-refractivity contribution in [1.29, 1.82) is 0 Å². The maximum absolute atomic E-state index is 9.25. The van der Waals surface area contributed by atoms with Crippen LogP contribution in [-0.4, -0.2) is 19.2 Å². The Labute approximate surface area is 60.6 Å². The van der Waals surface area contributed by atoms with E-state index in [1.54, 1.807) is 0 Å². The minimum atomic E-state index is -0.0347. The first-order chi connectivity index (χ1) is 3.41. The van der Waals surface area contributed by atoms with Gasteiger partial charge in [-0.05, 0) is 0 Å². The van der Waals surface area contributed by atoms with Crippen LogP contribution in [0.2, 0.25) is 0 Å². The minimum absolute atomic E-state index is 0. The van der Waals surface area contributed by atoms with Crippen LogP contribution in [0.3, 0.4) is 0 Å². The molecule has 0 spiro atoms. The van der Waals surface area contributed by atoms with Crippen molar-refractivity contribution in [1.82, 2.24) is 5.32 Å². The molecule has 0 bridgehead atoms. The maximum Gasteiger partial charge on any atom is 0.236 e. The summed E-state index contributed by atoms with van der Waals surface area (Å²) in [5.41, 5.74) is 0. The van der Waals surface area contributed by atoms with Gasteiger partial charge in [0.15, 0.2) is 0 Å². The standard InChI is InChI=1S/C3H3N2O2.W/c6-2-4-1-5-3-7;/h1H2,(H,4,6);/q-1;. The third kappa shape index (κ3) is 9.11. The third-order valence-corrected chi connectivity index (χ3v) is 0.295. The van der Waals surface area contributed by atoms with Crippen molar-refractivity contribution >= 4 is 12.5 Å². The van der Waals surface area contributed by atoms with Gasteiger partial charge in [-0.2, -0.15) is 11.4 Å². The first kappa shape index (κ1) is 10.5. The second kappa shape index (κ2) is 9.74. The number of nitrogens with zero attached hydrogens (tertiary/aromatic N) is 1. The molecule has 5 heteroatoms. The Kier molecular flexibility index (Phi) is 12.8. The van der Waals surface area contributed by atoms with E-state index in [0.717, 1.165) is 0 Å². The van der Waals surface area contributed by atoms with Gasteiger partial charge in [0.1, 0.15) is 0 Å². The molecule has 0 atom stereocenters. The number of rotatable bonds is 3. The SMILES string of the molecule is O=C=NCN[C-]=O.[W]. The molecule has 0 saturated heterocycles. The van der Waals surface area contributed by atoms with E-state index in [2.05, 4.69) is 4.99 Å². The van der Waals surface area contributed by atoms with Gasteiger partial charge in [0.05, 0.1) is 6.67 Å². The summed E-state index contributed by atoms with van der Waals surface area (Å²) in [6, 6.07) is 0. The first-order valence-electron chi connectivity index (χ1n) is 1.55. The molecule has 1 amide bonds. The summed E-state index contributed by atoms with van der Waals surface area (Å²) >= 11 is 0. The molecule has 0 fully saturated rings. The van der Waals surface area contributed by atoms with Crippen LogP contribution < -0.4 is 5.32 Å². The van der Waals surface area contributed by atoms with Crippen molar-refractivity contribution in [2.24, 2.45) is 4.99 Å². The summed E-state index contributed by atoms with van der Waals surface area (Å²) in [6.07, 6.45) is 2.57. The largest absolute Gasteiger partial charge is 0.520 e. The summed E-state index contributed by atoms with van der Waals surface area (Å²) in [5, 5.41) is 2.01. The van der Waals surface area contributed by atoms with Crippen LogP contribution >= 0.6 is 0 Å². The van der Waals surface area contributed by atoms with Crippen LogP contribution in [0.25, 0.3) is 0 Å². The zero-order valence-electron chi connectivity index (χ0n) is 3.88. The molecule has 0 aromatic heterocycles. The van der Waals surface area contributed by atoms with Crippen LogP contribution in [0.1, 0.15) is 0 Å². The van der Waals surface area contributed by atoms with Crippen LogP contribution in [0.5, 0.6) is 0 Å². The Morgan fingerprint density at radius 2 is 2.38 bits per heavy atom. The van der Waals surface area contributed by atoms with Crippen molar-refractivity contribution in [3.63, 3.8) is 0 Å². The molecule has 0 unspecified atom stereocenters. The molecule has 1 N–H and O–H groups in total. The van der Waals surface area contributed by atoms with Crippen LogP contribution in [0.15, 0.2) is 4.99 Å². The van der Waals surface area contributed by atoms with E-state index < -0.39 is 0 Å². The van der Waals surface area contributed by atoms with Gasteiger partial charge < -0.3 is 10.1 Å². The van der Waals surface area contributed by atoms with Gasteiger partial charge in [-0.25, -0.2) is 4.79 Å². The molecule has 0 rings (SSSR count). The fourth-order valence-electron chi connectivity index (χ4n) is 0.104. The van der Waals surface area contributed by atoms with Gasteiger partial charge in [-0.3, -0.25) is 0 Å². The van der Waals surface area contributed by atoms with E-state index in [1.807, 2.05) is 5.32 Å². The van der Waals surface area contributed by atoms with E-state index in [1.165, 1.54) is 12.5 Å². The molecular formula is C3H3N2O2W-. The zero-order valence-corrected chi connectivity index (χ0v) is 6.81. The number of carbonyl (C=O) groups excluding carboxylic acids is 2. The summed E-state index contributed by atoms with van der Waals surface area (Å²) in [6.45, 7) is -0.0347. The van der Waals surface area contributed by atoms with E-state index in [-0.39, 0.29) is 27.7 Å². The number of amides is 1. The van der Waals surface area contributed by atoms with Gasteiger partial charge in [0, 0.05) is 21.1 Å². The summed E-state index contributed by atoms with van der Waals surface area (Å²) in [5.74, 6) is 0. The molecule has 8 heavy (non-hydrogen) atoms. The first-order valence-corrected chi connectivity index (χ1v) is 1.55. The van der Waals surface area contributed by atoms with Gasteiger partial charge in [0.2, 0.25) is 6.08 Å². The molecule has 0 aromatic carbocycles. The zero-order chi connectivity index (χ0) is 5.54. The number of aliphatic imine (C=N–C) groups is 1. The Balaban J connectivity index is 0. The van der Waals surface area contributed by atoms with E-state index in [4.69, 9.17) is 0 Å². The summed E-state index contributed by atoms with van der Waals surface area (Å²) in [7, 11) is 0. The Bertz CT molecular complexity index is 99.5. The second-order valence-corrected chi connectivity index (χ2v) is 0.686. The van der Waals surface area contributed by atoms with Crippen molar-refractivity contribution in [2.45, 2.75) is 0 Å². The average Bonchev–Trinajstić information content (AvgIpc) is 1.69. The number of isocyanates is 1. The van der Waals surface area contributed by atoms with Crippen LogP contribution in [0.4, 0.5) is 0 Å². The van der Waals surface area contributed by atoms with E-state index >= 15 is 0 Å². The van der Waals surface area contributed by atoms with E-state index in [0.29, 0.717) is 0 Å². The predicted octanol–water partition coefficient (Wildman–Crippen LogP) is -1.07. The maximum atomic E-state index is 9.25. The average molecular weight is 283 g/mol. The number of hydrogen-bond donors (Lipinski definition) is 1. The molecular weight excluding hydrogens is 280 g/mol. The molecule has 0 saturated carbocycles. The minimum Gasteiger partial charge on any atom is -0.520 e. The van der Waals surface area contributed by atoms with E-state index in [9.17, 15) is 9.59 Å². The summed E-state index contributed by atoms with van der Waals surface area (Å²) in [4.78, 5) is 21.5. The molecule has 0 aliphatic carbocycles.